The van der Waals surface area contributed by atoms with Crippen molar-refractivity contribution in [2.75, 3.05) is 5.75 Å². The van der Waals surface area contributed by atoms with Crippen molar-refractivity contribution in [2.45, 2.75) is 101 Å². The molecule has 0 aromatic carbocycles. The minimum Gasteiger partial charge on any atom is -0.337 e. The van der Waals surface area contributed by atoms with Gasteiger partial charge in [-0.05, 0) is 52.4 Å². The third-order valence-corrected chi connectivity index (χ3v) is 7.73. The van der Waals surface area contributed by atoms with Crippen molar-refractivity contribution in [3.8, 4) is 0 Å². The van der Waals surface area contributed by atoms with E-state index in [1.165, 1.54) is 31.0 Å². The molecular weight excluding hydrogens is 426 g/mol. The van der Waals surface area contributed by atoms with Crippen LogP contribution in [0.25, 0.3) is 11.0 Å². The minimum atomic E-state index is -0.466. The third kappa shape index (κ3) is 4.23. The van der Waals surface area contributed by atoms with Crippen LogP contribution in [0.15, 0.2) is 14.6 Å². The molecule has 2 aromatic rings. The summed E-state index contributed by atoms with van der Waals surface area (Å²) in [7, 11) is 0. The Morgan fingerprint density at radius 1 is 1.09 bits per heavy atom. The Labute approximate surface area is 191 Å². The van der Waals surface area contributed by atoms with Gasteiger partial charge in [-0.2, -0.15) is 0 Å². The van der Waals surface area contributed by atoms with Gasteiger partial charge in [0.05, 0.1) is 5.75 Å². The van der Waals surface area contributed by atoms with Gasteiger partial charge in [-0.3, -0.25) is 19.1 Å². The number of hydrogen-bond acceptors (Lipinski definition) is 6. The third-order valence-electron chi connectivity index (χ3n) is 6.77. The predicted octanol–water partition coefficient (Wildman–Crippen LogP) is 3.35. The molecule has 2 heterocycles. The maximum Gasteiger partial charge on any atom is 0.330 e. The summed E-state index contributed by atoms with van der Waals surface area (Å²) < 4.78 is 1.62. The number of thioether (sulfide) groups is 1. The van der Waals surface area contributed by atoms with Gasteiger partial charge in [0.2, 0.25) is 5.91 Å². The lowest BCUT2D eigenvalue weighted by molar-refractivity contribution is -0.133. The van der Waals surface area contributed by atoms with Crippen LogP contribution in [-0.4, -0.2) is 48.2 Å². The van der Waals surface area contributed by atoms with E-state index in [2.05, 4.69) is 23.8 Å². The standard InChI is InChI=1S/C23H31N5O3S/c1-13(2)27(15-6-4-3-5-7-15)17(29)12-32-22-18-20(24-19(25-22)14-8-9-14)28(16-10-11-16)23(31)26-21(18)30/h13-16H,3-12H2,1-2H3,(H,26,30,31). The van der Waals surface area contributed by atoms with Gasteiger partial charge in [0.1, 0.15) is 16.2 Å². The Morgan fingerprint density at radius 3 is 2.44 bits per heavy atom. The van der Waals surface area contributed by atoms with Crippen LogP contribution >= 0.6 is 11.8 Å². The maximum absolute atomic E-state index is 13.3. The molecule has 0 atom stereocenters. The van der Waals surface area contributed by atoms with Crippen molar-refractivity contribution < 1.29 is 4.79 Å². The number of aromatic nitrogens is 4. The highest BCUT2D eigenvalue weighted by molar-refractivity contribution is 8.00. The number of fused-ring (bicyclic) bond motifs is 1. The lowest BCUT2D eigenvalue weighted by Gasteiger charge is -2.37. The van der Waals surface area contributed by atoms with E-state index < -0.39 is 11.2 Å². The fourth-order valence-electron chi connectivity index (χ4n) is 4.91. The van der Waals surface area contributed by atoms with Crippen molar-refractivity contribution in [1.82, 2.24) is 24.4 Å². The quantitative estimate of drug-likeness (QED) is 0.505. The monoisotopic (exact) mass is 457 g/mol. The van der Waals surface area contributed by atoms with Crippen LogP contribution in [-0.2, 0) is 4.79 Å². The van der Waals surface area contributed by atoms with Gasteiger partial charge >= 0.3 is 5.69 Å². The molecule has 0 bridgehead atoms. The van der Waals surface area contributed by atoms with E-state index in [4.69, 9.17) is 4.98 Å². The van der Waals surface area contributed by atoms with Crippen molar-refractivity contribution in [3.63, 3.8) is 0 Å². The molecule has 0 saturated heterocycles. The van der Waals surface area contributed by atoms with Crippen LogP contribution in [0, 0.1) is 0 Å². The second-order valence-electron chi connectivity index (χ2n) is 9.70. The summed E-state index contributed by atoms with van der Waals surface area (Å²) in [5.74, 6) is 1.29. The molecule has 2 aromatic heterocycles. The van der Waals surface area contributed by atoms with Gasteiger partial charge in [-0.1, -0.05) is 31.0 Å². The largest absolute Gasteiger partial charge is 0.337 e. The highest BCUT2D eigenvalue weighted by atomic mass is 32.2. The van der Waals surface area contributed by atoms with Crippen molar-refractivity contribution >= 4 is 28.7 Å². The molecule has 0 spiro atoms. The smallest absolute Gasteiger partial charge is 0.330 e. The Morgan fingerprint density at radius 2 is 1.81 bits per heavy atom. The molecule has 3 aliphatic rings. The fraction of sp³-hybridized carbons (Fsp3) is 0.696. The van der Waals surface area contributed by atoms with Gasteiger partial charge < -0.3 is 4.90 Å². The number of nitrogens with one attached hydrogen (secondary N) is 1. The Hall–Kier alpha value is -2.16. The average Bonchev–Trinajstić information content (AvgIpc) is 3.66. The van der Waals surface area contributed by atoms with Crippen LogP contribution in [0.1, 0.15) is 89.4 Å². The molecule has 0 radical (unpaired) electrons. The Balaban J connectivity index is 1.48. The number of aromatic amines is 1. The number of amides is 1. The topological polar surface area (TPSA) is 101 Å². The summed E-state index contributed by atoms with van der Waals surface area (Å²) in [4.78, 5) is 52.4. The van der Waals surface area contributed by atoms with Crippen molar-refractivity contribution in [2.24, 2.45) is 0 Å². The summed E-state index contributed by atoms with van der Waals surface area (Å²) >= 11 is 1.31. The second-order valence-corrected chi connectivity index (χ2v) is 10.7. The number of hydrogen-bond donors (Lipinski definition) is 1. The molecular formula is C23H31N5O3S. The average molecular weight is 458 g/mol. The van der Waals surface area contributed by atoms with E-state index in [0.29, 0.717) is 27.9 Å². The number of carbonyl (C=O) groups is 1. The van der Waals surface area contributed by atoms with E-state index in [-0.39, 0.29) is 29.7 Å². The molecule has 1 N–H and O–H groups in total. The molecule has 172 valence electrons. The van der Waals surface area contributed by atoms with E-state index in [0.717, 1.165) is 38.5 Å². The number of H-pyrrole nitrogens is 1. The van der Waals surface area contributed by atoms with E-state index in [1.54, 1.807) is 4.57 Å². The minimum absolute atomic E-state index is 0.0866. The highest BCUT2D eigenvalue weighted by Crippen LogP contribution is 2.41. The van der Waals surface area contributed by atoms with Gasteiger partial charge in [-0.15, -0.1) is 0 Å². The van der Waals surface area contributed by atoms with Crippen LogP contribution in [0.5, 0.6) is 0 Å². The first kappa shape index (κ1) is 21.7. The van der Waals surface area contributed by atoms with Gasteiger partial charge in [0.15, 0.2) is 5.65 Å². The summed E-state index contributed by atoms with van der Waals surface area (Å²) in [6.07, 6.45) is 9.57. The van der Waals surface area contributed by atoms with Crippen molar-refractivity contribution in [3.05, 3.63) is 26.7 Å². The van der Waals surface area contributed by atoms with Crippen LogP contribution < -0.4 is 11.2 Å². The molecule has 1 amide bonds. The normalized spacial score (nSPS) is 19.6. The Bertz CT molecular complexity index is 1140. The first-order valence-electron chi connectivity index (χ1n) is 11.9. The predicted molar refractivity (Wildman–Crippen MR) is 124 cm³/mol. The summed E-state index contributed by atoms with van der Waals surface area (Å²) in [6, 6.07) is 0.523. The second kappa shape index (κ2) is 8.65. The van der Waals surface area contributed by atoms with Crippen LogP contribution in [0.3, 0.4) is 0 Å². The SMILES string of the molecule is CC(C)N(C(=O)CSc1nc(C2CC2)nc2c1c(=O)[nH]c(=O)n2C1CC1)C1CCCCC1. The fourth-order valence-corrected chi connectivity index (χ4v) is 5.81. The molecule has 32 heavy (non-hydrogen) atoms. The number of carbonyl (C=O) groups excluding carboxylic acids is 1. The number of nitrogens with zero attached hydrogens (tertiary/aromatic N) is 4. The zero-order chi connectivity index (χ0) is 22.4. The van der Waals surface area contributed by atoms with Crippen LogP contribution in [0.2, 0.25) is 0 Å². The molecule has 3 fully saturated rings. The highest BCUT2D eigenvalue weighted by Gasteiger charge is 2.33. The van der Waals surface area contributed by atoms with E-state index in [9.17, 15) is 14.4 Å². The lowest BCUT2D eigenvalue weighted by Crippen LogP contribution is -2.46. The summed E-state index contributed by atoms with van der Waals surface area (Å²) in [6.45, 7) is 4.14. The van der Waals surface area contributed by atoms with Gasteiger partial charge in [0, 0.05) is 24.0 Å². The summed E-state index contributed by atoms with van der Waals surface area (Å²) in [5, 5.41) is 0.862. The van der Waals surface area contributed by atoms with Gasteiger partial charge in [0.25, 0.3) is 5.56 Å². The first-order chi connectivity index (χ1) is 15.4. The molecule has 0 unspecified atom stereocenters. The molecule has 0 aliphatic heterocycles. The maximum atomic E-state index is 13.3. The zero-order valence-electron chi connectivity index (χ0n) is 18.8. The lowest BCUT2D eigenvalue weighted by atomic mass is 9.93. The molecule has 3 saturated carbocycles. The van der Waals surface area contributed by atoms with E-state index in [1.807, 2.05) is 4.90 Å². The Kier molecular flexibility index (Phi) is 5.86. The molecule has 3 aliphatic carbocycles. The molecule has 8 nitrogen and oxygen atoms in total. The molecule has 5 rings (SSSR count). The molecule has 9 heteroatoms. The summed E-state index contributed by atoms with van der Waals surface area (Å²) in [5.41, 5.74) is -0.436. The van der Waals surface area contributed by atoms with Crippen molar-refractivity contribution in [1.29, 1.82) is 0 Å². The van der Waals surface area contributed by atoms with Crippen LogP contribution in [0.4, 0.5) is 0 Å². The first-order valence-corrected chi connectivity index (χ1v) is 12.9. The zero-order valence-corrected chi connectivity index (χ0v) is 19.6. The number of rotatable bonds is 7. The van der Waals surface area contributed by atoms with Gasteiger partial charge in [-0.25, -0.2) is 14.8 Å². The van der Waals surface area contributed by atoms with E-state index >= 15 is 0 Å².